The summed E-state index contributed by atoms with van der Waals surface area (Å²) < 4.78 is 0. The molecule has 2 heterocycles. The number of hydrogen-bond donors (Lipinski definition) is 2. The summed E-state index contributed by atoms with van der Waals surface area (Å²) in [5, 5.41) is 3.25. The molecule has 5 nitrogen and oxygen atoms in total. The molecule has 1 aromatic rings. The van der Waals surface area contributed by atoms with E-state index in [1.165, 1.54) is 37.7 Å². The molecule has 2 fully saturated rings. The molecule has 2 aliphatic rings. The summed E-state index contributed by atoms with van der Waals surface area (Å²) in [7, 11) is 0. The van der Waals surface area contributed by atoms with Crippen LogP contribution in [0.25, 0.3) is 0 Å². The zero-order valence-electron chi connectivity index (χ0n) is 13.9. The van der Waals surface area contributed by atoms with E-state index in [-0.39, 0.29) is 24.0 Å². The zero-order chi connectivity index (χ0) is 15.4. The van der Waals surface area contributed by atoms with Crippen LogP contribution in [0, 0.1) is 12.8 Å². The van der Waals surface area contributed by atoms with Gasteiger partial charge in [-0.1, -0.05) is 12.5 Å². The maximum Gasteiger partial charge on any atom is 0.188 e. The summed E-state index contributed by atoms with van der Waals surface area (Å²) in [6, 6.07) is 4.20. The Bertz CT molecular complexity index is 536. The Kier molecular flexibility index (Phi) is 6.92. The SMILES string of the molecule is Cc1ccc(CN=C(N)NCC2CCC2)c(N2CCCC2)n1.I. The highest BCUT2D eigenvalue weighted by atomic mass is 127. The first kappa shape index (κ1) is 18.3. The average molecular weight is 429 g/mol. The molecule has 23 heavy (non-hydrogen) atoms. The van der Waals surface area contributed by atoms with Crippen molar-refractivity contribution in [2.75, 3.05) is 24.5 Å². The second-order valence-corrected chi connectivity index (χ2v) is 6.51. The van der Waals surface area contributed by atoms with Gasteiger partial charge in [0.05, 0.1) is 6.54 Å². The second-order valence-electron chi connectivity index (χ2n) is 6.51. The number of rotatable bonds is 5. The number of aromatic nitrogens is 1. The average Bonchev–Trinajstić information content (AvgIpc) is 2.98. The molecule has 3 N–H and O–H groups in total. The molecule has 0 spiro atoms. The van der Waals surface area contributed by atoms with E-state index in [4.69, 9.17) is 10.7 Å². The predicted octanol–water partition coefficient (Wildman–Crippen LogP) is 2.81. The standard InChI is InChI=1S/C17H27N5.HI/c1-13-7-8-15(16(21-13)22-9-2-3-10-22)12-20-17(18)19-11-14-5-4-6-14;/h7-8,14H,2-6,9-12H2,1H3,(H3,18,19,20);1H. The molecule has 0 atom stereocenters. The number of anilines is 1. The first-order valence-electron chi connectivity index (χ1n) is 8.47. The number of aliphatic imine (C=N–C) groups is 1. The Hall–Kier alpha value is -1.05. The van der Waals surface area contributed by atoms with Crippen molar-refractivity contribution in [3.05, 3.63) is 23.4 Å². The van der Waals surface area contributed by atoms with Gasteiger partial charge in [-0.05, 0) is 44.6 Å². The number of nitrogens with one attached hydrogen (secondary N) is 1. The number of halogens is 1. The van der Waals surface area contributed by atoms with E-state index in [0.717, 1.165) is 37.1 Å². The first-order chi connectivity index (χ1) is 10.7. The van der Waals surface area contributed by atoms with Gasteiger partial charge in [0.1, 0.15) is 5.82 Å². The number of nitrogens with zero attached hydrogens (tertiary/aromatic N) is 3. The van der Waals surface area contributed by atoms with Crippen LogP contribution in [0.4, 0.5) is 5.82 Å². The minimum Gasteiger partial charge on any atom is -0.370 e. The number of guanidine groups is 1. The fourth-order valence-corrected chi connectivity index (χ4v) is 3.07. The smallest absolute Gasteiger partial charge is 0.188 e. The van der Waals surface area contributed by atoms with Gasteiger partial charge in [0.25, 0.3) is 0 Å². The summed E-state index contributed by atoms with van der Waals surface area (Å²) in [6.45, 7) is 5.80. The van der Waals surface area contributed by atoms with E-state index < -0.39 is 0 Å². The molecule has 3 rings (SSSR count). The van der Waals surface area contributed by atoms with E-state index in [0.29, 0.717) is 12.5 Å². The van der Waals surface area contributed by atoms with E-state index in [9.17, 15) is 0 Å². The van der Waals surface area contributed by atoms with Gasteiger partial charge in [0, 0.05) is 30.9 Å². The third-order valence-corrected chi connectivity index (χ3v) is 4.72. The zero-order valence-corrected chi connectivity index (χ0v) is 16.3. The Balaban J connectivity index is 0.00000192. The van der Waals surface area contributed by atoms with Crippen LogP contribution in [-0.2, 0) is 6.54 Å². The summed E-state index contributed by atoms with van der Waals surface area (Å²) in [4.78, 5) is 11.6. The van der Waals surface area contributed by atoms with Crippen molar-refractivity contribution in [3.8, 4) is 0 Å². The van der Waals surface area contributed by atoms with Crippen molar-refractivity contribution in [3.63, 3.8) is 0 Å². The molecule has 6 heteroatoms. The lowest BCUT2D eigenvalue weighted by Crippen LogP contribution is -2.37. The molecule has 0 radical (unpaired) electrons. The fraction of sp³-hybridized carbons (Fsp3) is 0.647. The molecule has 1 aromatic heterocycles. The maximum atomic E-state index is 5.99. The molecule has 0 unspecified atom stereocenters. The van der Waals surface area contributed by atoms with Gasteiger partial charge in [-0.2, -0.15) is 0 Å². The molecule has 0 aromatic carbocycles. The van der Waals surface area contributed by atoms with Crippen LogP contribution in [0.3, 0.4) is 0 Å². The van der Waals surface area contributed by atoms with E-state index in [1.807, 2.05) is 6.92 Å². The van der Waals surface area contributed by atoms with Crippen LogP contribution in [0.15, 0.2) is 17.1 Å². The van der Waals surface area contributed by atoms with Crippen LogP contribution in [0.5, 0.6) is 0 Å². The highest BCUT2D eigenvalue weighted by molar-refractivity contribution is 14.0. The van der Waals surface area contributed by atoms with Gasteiger partial charge in [0.15, 0.2) is 5.96 Å². The fourth-order valence-electron chi connectivity index (χ4n) is 3.07. The van der Waals surface area contributed by atoms with Crippen molar-refractivity contribution in [1.82, 2.24) is 10.3 Å². The van der Waals surface area contributed by atoms with Gasteiger partial charge in [-0.25, -0.2) is 9.98 Å². The summed E-state index contributed by atoms with van der Waals surface area (Å²) in [5.74, 6) is 2.43. The largest absolute Gasteiger partial charge is 0.370 e. The highest BCUT2D eigenvalue weighted by Crippen LogP contribution is 2.25. The molecule has 1 saturated carbocycles. The van der Waals surface area contributed by atoms with Gasteiger partial charge in [-0.15, -0.1) is 24.0 Å². The third-order valence-electron chi connectivity index (χ3n) is 4.72. The van der Waals surface area contributed by atoms with Gasteiger partial charge >= 0.3 is 0 Å². The minimum absolute atomic E-state index is 0. The molecule has 0 bridgehead atoms. The van der Waals surface area contributed by atoms with E-state index in [2.05, 4.69) is 27.3 Å². The van der Waals surface area contributed by atoms with Crippen molar-refractivity contribution in [2.24, 2.45) is 16.6 Å². The van der Waals surface area contributed by atoms with E-state index in [1.54, 1.807) is 0 Å². The molecule has 128 valence electrons. The molecular formula is C17H28IN5. The predicted molar refractivity (Wildman–Crippen MR) is 107 cm³/mol. The van der Waals surface area contributed by atoms with Crippen molar-refractivity contribution in [1.29, 1.82) is 0 Å². The molecule has 1 aliphatic carbocycles. The molecule has 1 saturated heterocycles. The molecular weight excluding hydrogens is 401 g/mol. The normalized spacial score (nSPS) is 18.5. The Morgan fingerprint density at radius 3 is 2.70 bits per heavy atom. The maximum absolute atomic E-state index is 5.99. The monoisotopic (exact) mass is 429 g/mol. The van der Waals surface area contributed by atoms with Crippen LogP contribution >= 0.6 is 24.0 Å². The van der Waals surface area contributed by atoms with Crippen molar-refractivity contribution >= 4 is 35.8 Å². The van der Waals surface area contributed by atoms with Gasteiger partial charge in [0.2, 0.25) is 0 Å². The Morgan fingerprint density at radius 1 is 1.30 bits per heavy atom. The third kappa shape index (κ3) is 4.96. The topological polar surface area (TPSA) is 66.5 Å². The Labute approximate surface area is 156 Å². The van der Waals surface area contributed by atoms with Crippen LogP contribution in [-0.4, -0.2) is 30.6 Å². The summed E-state index contributed by atoms with van der Waals surface area (Å²) in [5.41, 5.74) is 8.22. The lowest BCUT2D eigenvalue weighted by Gasteiger charge is -2.25. The second kappa shape index (κ2) is 8.70. The van der Waals surface area contributed by atoms with Gasteiger partial charge in [-0.3, -0.25) is 0 Å². The summed E-state index contributed by atoms with van der Waals surface area (Å²) >= 11 is 0. The lowest BCUT2D eigenvalue weighted by molar-refractivity contribution is 0.315. The molecule has 0 amide bonds. The Morgan fingerprint density at radius 2 is 2.04 bits per heavy atom. The van der Waals surface area contributed by atoms with Crippen molar-refractivity contribution in [2.45, 2.75) is 45.6 Å². The summed E-state index contributed by atoms with van der Waals surface area (Å²) in [6.07, 6.45) is 6.51. The van der Waals surface area contributed by atoms with E-state index >= 15 is 0 Å². The number of hydrogen-bond acceptors (Lipinski definition) is 3. The number of nitrogens with two attached hydrogens (primary N) is 1. The lowest BCUT2D eigenvalue weighted by atomic mass is 9.85. The van der Waals surface area contributed by atoms with Crippen LogP contribution in [0.1, 0.15) is 43.4 Å². The van der Waals surface area contributed by atoms with Crippen LogP contribution in [0.2, 0.25) is 0 Å². The van der Waals surface area contributed by atoms with Crippen LogP contribution < -0.4 is 16.0 Å². The highest BCUT2D eigenvalue weighted by Gasteiger charge is 2.18. The quantitative estimate of drug-likeness (QED) is 0.429. The number of aryl methyl sites for hydroxylation is 1. The number of pyridine rings is 1. The van der Waals surface area contributed by atoms with Crippen molar-refractivity contribution < 1.29 is 0 Å². The first-order valence-corrected chi connectivity index (χ1v) is 8.47. The van der Waals surface area contributed by atoms with Gasteiger partial charge < -0.3 is 16.0 Å². The minimum atomic E-state index is 0. The molecule has 1 aliphatic heterocycles.